The molecule has 21 heavy (non-hydrogen) atoms. The van der Waals surface area contributed by atoms with E-state index >= 15 is 0 Å². The van der Waals surface area contributed by atoms with Crippen molar-refractivity contribution in [3.63, 3.8) is 0 Å². The molecule has 0 bridgehead atoms. The van der Waals surface area contributed by atoms with E-state index in [4.69, 9.17) is 0 Å². The summed E-state index contributed by atoms with van der Waals surface area (Å²) in [5, 5.41) is 4.35. The van der Waals surface area contributed by atoms with Gasteiger partial charge in [0.2, 0.25) is 10.0 Å². The van der Waals surface area contributed by atoms with Crippen molar-refractivity contribution in [2.45, 2.75) is 12.5 Å². The maximum Gasteiger partial charge on any atom is 0.247 e. The summed E-state index contributed by atoms with van der Waals surface area (Å²) in [6, 6.07) is 19.0. The number of sulfonamides is 1. The Balaban J connectivity index is 2.01. The lowest BCUT2D eigenvalue weighted by molar-refractivity contribution is 0.375. The molecule has 4 nitrogen and oxygen atoms in total. The predicted octanol–water partition coefficient (Wildman–Crippen LogP) is 2.80. The van der Waals surface area contributed by atoms with Gasteiger partial charge in [-0.3, -0.25) is 0 Å². The van der Waals surface area contributed by atoms with Gasteiger partial charge in [-0.25, -0.2) is 8.42 Å². The average Bonchev–Trinajstić information content (AvgIpc) is 2.94. The van der Waals surface area contributed by atoms with Crippen LogP contribution in [0.1, 0.15) is 23.6 Å². The van der Waals surface area contributed by atoms with E-state index in [2.05, 4.69) is 5.10 Å². The van der Waals surface area contributed by atoms with E-state index in [0.717, 1.165) is 16.8 Å². The van der Waals surface area contributed by atoms with Gasteiger partial charge in [-0.05, 0) is 11.1 Å². The van der Waals surface area contributed by atoms with Gasteiger partial charge in [-0.2, -0.15) is 9.52 Å². The van der Waals surface area contributed by atoms with E-state index in [-0.39, 0.29) is 6.04 Å². The Morgan fingerprint density at radius 2 is 1.57 bits per heavy atom. The van der Waals surface area contributed by atoms with Gasteiger partial charge < -0.3 is 0 Å². The van der Waals surface area contributed by atoms with E-state index in [1.54, 1.807) is 0 Å². The van der Waals surface area contributed by atoms with Gasteiger partial charge >= 0.3 is 0 Å². The second-order valence-electron chi connectivity index (χ2n) is 5.08. The third-order valence-corrected chi connectivity index (χ3v) is 4.52. The summed E-state index contributed by atoms with van der Waals surface area (Å²) in [5.41, 5.74) is 2.72. The van der Waals surface area contributed by atoms with Crippen molar-refractivity contribution < 1.29 is 8.42 Å². The molecule has 5 heteroatoms. The molecule has 108 valence electrons. The summed E-state index contributed by atoms with van der Waals surface area (Å²) in [5.74, 6) is 0. The van der Waals surface area contributed by atoms with Gasteiger partial charge in [-0.15, -0.1) is 0 Å². The molecule has 0 radical (unpaired) electrons. The molecule has 3 rings (SSSR count). The van der Waals surface area contributed by atoms with Crippen LogP contribution in [0.4, 0.5) is 0 Å². The molecule has 0 N–H and O–H groups in total. The van der Waals surface area contributed by atoms with E-state index in [9.17, 15) is 8.42 Å². The van der Waals surface area contributed by atoms with Crippen LogP contribution in [0.2, 0.25) is 0 Å². The Hall–Kier alpha value is -2.14. The van der Waals surface area contributed by atoms with Crippen LogP contribution < -0.4 is 0 Å². The number of hydrazone groups is 1. The Morgan fingerprint density at radius 3 is 2.14 bits per heavy atom. The molecule has 2 aromatic carbocycles. The molecule has 1 heterocycles. The van der Waals surface area contributed by atoms with E-state index < -0.39 is 10.0 Å². The molecule has 0 aliphatic carbocycles. The van der Waals surface area contributed by atoms with Crippen LogP contribution in [-0.2, 0) is 10.0 Å². The SMILES string of the molecule is CS(=O)(=O)N1N=C(c2ccccc2)C[C@H]1c1ccccc1. The van der Waals surface area contributed by atoms with E-state index in [1.807, 2.05) is 60.7 Å². The Kier molecular flexibility index (Phi) is 3.51. The normalized spacial score (nSPS) is 18.6. The lowest BCUT2D eigenvalue weighted by atomic mass is 9.99. The lowest BCUT2D eigenvalue weighted by Crippen LogP contribution is -2.25. The summed E-state index contributed by atoms with van der Waals surface area (Å²) in [6.07, 6.45) is 1.78. The maximum absolute atomic E-state index is 12.0. The first kappa shape index (κ1) is 13.8. The van der Waals surface area contributed by atoms with Crippen molar-refractivity contribution in [2.24, 2.45) is 5.10 Å². The molecule has 0 spiro atoms. The van der Waals surface area contributed by atoms with Crippen molar-refractivity contribution in [1.82, 2.24) is 4.41 Å². The fourth-order valence-corrected chi connectivity index (χ4v) is 3.43. The van der Waals surface area contributed by atoms with E-state index in [1.165, 1.54) is 10.7 Å². The molecular formula is C16H16N2O2S. The zero-order valence-electron chi connectivity index (χ0n) is 11.7. The van der Waals surface area contributed by atoms with Gasteiger partial charge in [0, 0.05) is 6.42 Å². The molecule has 0 saturated carbocycles. The Morgan fingerprint density at radius 1 is 1.00 bits per heavy atom. The maximum atomic E-state index is 12.0. The van der Waals surface area contributed by atoms with Crippen LogP contribution in [0.5, 0.6) is 0 Å². The number of hydrogen-bond donors (Lipinski definition) is 0. The summed E-state index contributed by atoms with van der Waals surface area (Å²) >= 11 is 0. The molecule has 0 amide bonds. The second kappa shape index (κ2) is 5.33. The zero-order chi connectivity index (χ0) is 14.9. The molecule has 1 aliphatic rings. The monoisotopic (exact) mass is 300 g/mol. The minimum atomic E-state index is -3.39. The standard InChI is InChI=1S/C16H16N2O2S/c1-21(19,20)18-16(14-10-6-3-7-11-14)12-15(17-18)13-8-4-2-5-9-13/h2-11,16H,12H2,1H3/t16-/m0/s1. The highest BCUT2D eigenvalue weighted by Gasteiger charge is 2.34. The van der Waals surface area contributed by atoms with Crippen LogP contribution >= 0.6 is 0 Å². The number of nitrogens with zero attached hydrogens (tertiary/aromatic N) is 2. The van der Waals surface area contributed by atoms with Crippen molar-refractivity contribution in [3.8, 4) is 0 Å². The molecule has 1 aliphatic heterocycles. The Bertz CT molecular complexity index is 755. The Labute approximate surface area is 124 Å². The fourth-order valence-electron chi connectivity index (χ4n) is 2.52. The lowest BCUT2D eigenvalue weighted by Gasteiger charge is -2.21. The molecule has 0 saturated heterocycles. The van der Waals surface area contributed by atoms with Crippen molar-refractivity contribution >= 4 is 15.7 Å². The summed E-state index contributed by atoms with van der Waals surface area (Å²) < 4.78 is 25.3. The quantitative estimate of drug-likeness (QED) is 0.875. The second-order valence-corrected chi connectivity index (χ2v) is 6.92. The van der Waals surface area contributed by atoms with Gasteiger partial charge in [0.1, 0.15) is 0 Å². The number of hydrogen-bond acceptors (Lipinski definition) is 3. The topological polar surface area (TPSA) is 49.7 Å². The van der Waals surface area contributed by atoms with Gasteiger partial charge in [0.05, 0.1) is 18.0 Å². The average molecular weight is 300 g/mol. The number of benzene rings is 2. The molecule has 0 fully saturated rings. The third-order valence-electron chi connectivity index (χ3n) is 3.50. The van der Waals surface area contributed by atoms with Crippen LogP contribution in [0, 0.1) is 0 Å². The van der Waals surface area contributed by atoms with Crippen LogP contribution in [0.25, 0.3) is 0 Å². The summed E-state index contributed by atoms with van der Waals surface area (Å²) in [4.78, 5) is 0. The molecule has 0 unspecified atom stereocenters. The molecular weight excluding hydrogens is 284 g/mol. The van der Waals surface area contributed by atoms with Crippen molar-refractivity contribution in [3.05, 3.63) is 71.8 Å². The van der Waals surface area contributed by atoms with Gasteiger partial charge in [-0.1, -0.05) is 60.7 Å². The molecule has 0 aromatic heterocycles. The largest absolute Gasteiger partial charge is 0.247 e. The third kappa shape index (κ3) is 2.83. The molecule has 1 atom stereocenters. The fraction of sp³-hybridized carbons (Fsp3) is 0.188. The van der Waals surface area contributed by atoms with E-state index in [0.29, 0.717) is 6.42 Å². The van der Waals surface area contributed by atoms with Crippen molar-refractivity contribution in [1.29, 1.82) is 0 Å². The zero-order valence-corrected chi connectivity index (χ0v) is 12.5. The number of rotatable bonds is 3. The highest BCUT2D eigenvalue weighted by molar-refractivity contribution is 7.88. The predicted molar refractivity (Wildman–Crippen MR) is 83.5 cm³/mol. The van der Waals surface area contributed by atoms with Gasteiger partial charge in [0.25, 0.3) is 0 Å². The van der Waals surface area contributed by atoms with Gasteiger partial charge in [0.15, 0.2) is 0 Å². The van der Waals surface area contributed by atoms with Crippen molar-refractivity contribution in [2.75, 3.05) is 6.26 Å². The highest BCUT2D eigenvalue weighted by atomic mass is 32.2. The van der Waals surface area contributed by atoms with Crippen LogP contribution in [0.15, 0.2) is 65.8 Å². The molecule has 2 aromatic rings. The highest BCUT2D eigenvalue weighted by Crippen LogP contribution is 2.34. The minimum Gasteiger partial charge on any atom is -0.205 e. The smallest absolute Gasteiger partial charge is 0.205 e. The summed E-state index contributed by atoms with van der Waals surface area (Å²) in [7, 11) is -3.39. The first-order valence-corrected chi connectivity index (χ1v) is 8.58. The summed E-state index contributed by atoms with van der Waals surface area (Å²) in [6.45, 7) is 0. The minimum absolute atomic E-state index is 0.267. The van der Waals surface area contributed by atoms with Crippen LogP contribution in [0.3, 0.4) is 0 Å². The van der Waals surface area contributed by atoms with Crippen LogP contribution in [-0.4, -0.2) is 24.8 Å². The first-order chi connectivity index (χ1) is 10.1. The first-order valence-electron chi connectivity index (χ1n) is 6.73.